The Bertz CT molecular complexity index is 746. The Balaban J connectivity index is 2.06. The van der Waals surface area contributed by atoms with Gasteiger partial charge in [-0.05, 0) is 30.7 Å². The van der Waals surface area contributed by atoms with Crippen LogP contribution in [0.3, 0.4) is 0 Å². The van der Waals surface area contributed by atoms with Crippen molar-refractivity contribution in [3.05, 3.63) is 54.1 Å². The molecule has 6 heteroatoms. The summed E-state index contributed by atoms with van der Waals surface area (Å²) in [7, 11) is 0. The number of aromatic nitrogens is 1. The first-order chi connectivity index (χ1) is 11.1. The zero-order valence-electron chi connectivity index (χ0n) is 12.6. The molecule has 0 bridgehead atoms. The van der Waals surface area contributed by atoms with Gasteiger partial charge >= 0.3 is 0 Å². The van der Waals surface area contributed by atoms with Crippen LogP contribution in [-0.2, 0) is 4.79 Å². The van der Waals surface area contributed by atoms with Crippen LogP contribution < -0.4 is 10.2 Å². The van der Waals surface area contributed by atoms with E-state index in [1.807, 2.05) is 13.0 Å². The maximum atomic E-state index is 13.0. The van der Waals surface area contributed by atoms with Crippen molar-refractivity contribution < 1.29 is 14.0 Å². The predicted octanol–water partition coefficient (Wildman–Crippen LogP) is 2.99. The van der Waals surface area contributed by atoms with E-state index in [1.165, 1.54) is 17.2 Å². The Kier molecular flexibility index (Phi) is 4.06. The third-order valence-corrected chi connectivity index (χ3v) is 3.79. The first-order valence-corrected chi connectivity index (χ1v) is 7.47. The number of anilines is 2. The highest BCUT2D eigenvalue weighted by atomic mass is 19.1. The van der Waals surface area contributed by atoms with Crippen LogP contribution >= 0.6 is 0 Å². The molecule has 1 aromatic carbocycles. The number of amides is 2. The van der Waals surface area contributed by atoms with Crippen LogP contribution in [0.15, 0.2) is 42.6 Å². The molecule has 0 fully saturated rings. The number of para-hydroxylation sites is 2. The second-order valence-corrected chi connectivity index (χ2v) is 5.36. The zero-order chi connectivity index (χ0) is 16.4. The fraction of sp³-hybridized carbons (Fsp3) is 0.235. The molecule has 23 heavy (non-hydrogen) atoms. The summed E-state index contributed by atoms with van der Waals surface area (Å²) in [6.07, 6.45) is 2.49. The summed E-state index contributed by atoms with van der Waals surface area (Å²) in [4.78, 5) is 30.3. The lowest BCUT2D eigenvalue weighted by molar-refractivity contribution is -0.117. The van der Waals surface area contributed by atoms with Crippen LogP contribution in [0, 0.1) is 5.95 Å². The Morgan fingerprint density at radius 3 is 2.78 bits per heavy atom. The number of benzene rings is 1. The minimum atomic E-state index is -0.650. The molecule has 0 saturated heterocycles. The molecular weight excluding hydrogens is 297 g/mol. The smallest absolute Gasteiger partial charge is 0.260 e. The van der Waals surface area contributed by atoms with Crippen molar-refractivity contribution in [2.24, 2.45) is 0 Å². The molecule has 3 rings (SSSR count). The van der Waals surface area contributed by atoms with Crippen LogP contribution in [0.4, 0.5) is 15.8 Å². The van der Waals surface area contributed by atoms with Crippen LogP contribution in [0.1, 0.15) is 30.1 Å². The molecule has 0 spiro atoms. The maximum Gasteiger partial charge on any atom is 0.260 e. The Morgan fingerprint density at radius 1 is 1.30 bits per heavy atom. The van der Waals surface area contributed by atoms with Gasteiger partial charge in [0.25, 0.3) is 5.91 Å². The van der Waals surface area contributed by atoms with E-state index >= 15 is 0 Å². The van der Waals surface area contributed by atoms with Gasteiger partial charge in [0.1, 0.15) is 6.04 Å². The van der Waals surface area contributed by atoms with E-state index in [4.69, 9.17) is 0 Å². The summed E-state index contributed by atoms with van der Waals surface area (Å²) in [5.74, 6) is -1.23. The van der Waals surface area contributed by atoms with Gasteiger partial charge in [-0.25, -0.2) is 4.98 Å². The highest BCUT2D eigenvalue weighted by Crippen LogP contribution is 2.34. The second-order valence-electron chi connectivity index (χ2n) is 5.36. The molecule has 0 aliphatic carbocycles. The van der Waals surface area contributed by atoms with E-state index in [1.54, 1.807) is 18.2 Å². The van der Waals surface area contributed by atoms with Crippen molar-refractivity contribution in [2.45, 2.75) is 25.8 Å². The average Bonchev–Trinajstić information content (AvgIpc) is 2.56. The van der Waals surface area contributed by atoms with E-state index in [-0.39, 0.29) is 17.4 Å². The first kappa shape index (κ1) is 15.1. The summed E-state index contributed by atoms with van der Waals surface area (Å²) >= 11 is 0. The Labute approximate surface area is 133 Å². The highest BCUT2D eigenvalue weighted by molar-refractivity contribution is 6.16. The van der Waals surface area contributed by atoms with Crippen molar-refractivity contribution >= 4 is 23.2 Å². The number of fused-ring (bicyclic) bond motifs is 1. The van der Waals surface area contributed by atoms with Crippen LogP contribution in [0.2, 0.25) is 0 Å². The summed E-state index contributed by atoms with van der Waals surface area (Å²) in [5.41, 5.74) is 1.48. The SMILES string of the molecule is CCC[C@H]1C(=O)Nc2ccccc2N1C(=O)c1ccc(F)nc1. The summed E-state index contributed by atoms with van der Waals surface area (Å²) in [6.45, 7) is 1.95. The number of carbonyl (C=O) groups excluding carboxylic acids is 2. The number of rotatable bonds is 3. The molecule has 1 aliphatic heterocycles. The summed E-state index contributed by atoms with van der Waals surface area (Å²) in [5, 5.41) is 2.83. The van der Waals surface area contributed by atoms with E-state index in [0.717, 1.165) is 12.5 Å². The quantitative estimate of drug-likeness (QED) is 0.886. The molecule has 118 valence electrons. The standard InChI is InChI=1S/C17H16FN3O2/c1-2-5-14-16(22)20-12-6-3-4-7-13(12)21(14)17(23)11-8-9-15(18)19-10-11/h3-4,6-10,14H,2,5H2,1H3,(H,20,22)/t14-/m0/s1. The molecule has 1 aromatic heterocycles. The summed E-state index contributed by atoms with van der Waals surface area (Å²) in [6, 6.07) is 9.06. The molecule has 0 saturated carbocycles. The van der Waals surface area contributed by atoms with Crippen LogP contribution in [-0.4, -0.2) is 22.8 Å². The third kappa shape index (κ3) is 2.79. The van der Waals surface area contributed by atoms with Gasteiger partial charge in [-0.3, -0.25) is 14.5 Å². The highest BCUT2D eigenvalue weighted by Gasteiger charge is 2.36. The molecule has 1 aliphatic rings. The van der Waals surface area contributed by atoms with Gasteiger partial charge in [0.15, 0.2) is 0 Å². The Hall–Kier alpha value is -2.76. The number of nitrogens with one attached hydrogen (secondary N) is 1. The van der Waals surface area contributed by atoms with Gasteiger partial charge in [0.2, 0.25) is 11.9 Å². The monoisotopic (exact) mass is 313 g/mol. The zero-order valence-corrected chi connectivity index (χ0v) is 12.6. The van der Waals surface area contributed by atoms with Gasteiger partial charge in [-0.15, -0.1) is 0 Å². The van der Waals surface area contributed by atoms with Gasteiger partial charge < -0.3 is 5.32 Å². The van der Waals surface area contributed by atoms with Gasteiger partial charge in [-0.2, -0.15) is 4.39 Å². The number of nitrogens with zero attached hydrogens (tertiary/aromatic N) is 2. The lowest BCUT2D eigenvalue weighted by Crippen LogP contribution is -2.51. The lowest BCUT2D eigenvalue weighted by Gasteiger charge is -2.36. The molecular formula is C17H16FN3O2. The van der Waals surface area contributed by atoms with E-state index in [2.05, 4.69) is 10.3 Å². The number of hydrogen-bond acceptors (Lipinski definition) is 3. The fourth-order valence-electron chi connectivity index (χ4n) is 2.72. The molecule has 5 nitrogen and oxygen atoms in total. The summed E-state index contributed by atoms with van der Waals surface area (Å²) < 4.78 is 13.0. The largest absolute Gasteiger partial charge is 0.322 e. The van der Waals surface area contributed by atoms with Crippen molar-refractivity contribution in [1.82, 2.24) is 4.98 Å². The molecule has 0 unspecified atom stereocenters. The molecule has 1 N–H and O–H groups in total. The molecule has 1 atom stereocenters. The molecule has 2 aromatic rings. The lowest BCUT2D eigenvalue weighted by atomic mass is 10.0. The van der Waals surface area contributed by atoms with E-state index in [9.17, 15) is 14.0 Å². The van der Waals surface area contributed by atoms with Crippen molar-refractivity contribution in [3.8, 4) is 0 Å². The van der Waals surface area contributed by atoms with Crippen molar-refractivity contribution in [2.75, 3.05) is 10.2 Å². The van der Waals surface area contributed by atoms with Gasteiger partial charge in [0, 0.05) is 6.20 Å². The fourth-order valence-corrected chi connectivity index (χ4v) is 2.72. The normalized spacial score (nSPS) is 16.7. The predicted molar refractivity (Wildman–Crippen MR) is 84.8 cm³/mol. The first-order valence-electron chi connectivity index (χ1n) is 7.47. The van der Waals surface area contributed by atoms with E-state index < -0.39 is 12.0 Å². The minimum Gasteiger partial charge on any atom is -0.322 e. The number of halogens is 1. The number of carbonyl (C=O) groups is 2. The third-order valence-electron chi connectivity index (χ3n) is 3.79. The van der Waals surface area contributed by atoms with Gasteiger partial charge in [0.05, 0.1) is 16.9 Å². The average molecular weight is 313 g/mol. The topological polar surface area (TPSA) is 62.3 Å². The number of hydrogen-bond donors (Lipinski definition) is 1. The van der Waals surface area contributed by atoms with E-state index in [0.29, 0.717) is 17.8 Å². The second kappa shape index (κ2) is 6.16. The van der Waals surface area contributed by atoms with Crippen molar-refractivity contribution in [1.29, 1.82) is 0 Å². The number of pyridine rings is 1. The maximum absolute atomic E-state index is 13.0. The van der Waals surface area contributed by atoms with Crippen LogP contribution in [0.25, 0.3) is 0 Å². The molecule has 2 amide bonds. The Morgan fingerprint density at radius 2 is 2.09 bits per heavy atom. The molecule has 0 radical (unpaired) electrons. The minimum absolute atomic E-state index is 0.214. The molecule has 2 heterocycles. The van der Waals surface area contributed by atoms with Crippen molar-refractivity contribution in [3.63, 3.8) is 0 Å². The van der Waals surface area contributed by atoms with Gasteiger partial charge in [-0.1, -0.05) is 25.5 Å². The van der Waals surface area contributed by atoms with Crippen LogP contribution in [0.5, 0.6) is 0 Å².